The fraction of sp³-hybridized carbons (Fsp3) is 0. The van der Waals surface area contributed by atoms with Crippen molar-refractivity contribution < 1.29 is 0 Å². The molecule has 0 aliphatic rings. The highest BCUT2D eigenvalue weighted by Crippen LogP contribution is 1.62. The van der Waals surface area contributed by atoms with Crippen molar-refractivity contribution in [2.24, 2.45) is 0 Å². The van der Waals surface area contributed by atoms with E-state index in [0.29, 0.717) is 0 Å². The minimum atomic E-state index is -2.17. The molecule has 38 valence electrons. The highest BCUT2D eigenvalue weighted by molar-refractivity contribution is 8.99. The first kappa shape index (κ1) is 5.71. The van der Waals surface area contributed by atoms with Gasteiger partial charge in [-0.1, -0.05) is 22.4 Å². The van der Waals surface area contributed by atoms with Crippen molar-refractivity contribution >= 4 is 58.7 Å². The van der Waals surface area contributed by atoms with Gasteiger partial charge in [0.15, 0.2) is 0 Å². The van der Waals surface area contributed by atoms with E-state index >= 15 is 0 Å². The lowest BCUT2D eigenvalue weighted by Crippen LogP contribution is -1.62. The normalized spacial score (nSPS) is 14.5. The van der Waals surface area contributed by atoms with Crippen LogP contribution in [-0.2, 0) is 58.7 Å². The molecule has 0 heterocycles. The van der Waals surface area contributed by atoms with Crippen LogP contribution in [0.5, 0.6) is 0 Å². The summed E-state index contributed by atoms with van der Waals surface area (Å²) < 4.78 is 6.90. The second kappa shape index (κ2) is 3.57. The third kappa shape index (κ3) is 3.76. The minimum Gasteiger partial charge on any atom is -0.284 e. The van der Waals surface area contributed by atoms with Crippen molar-refractivity contribution in [1.29, 1.82) is 1.12 Å². The maximum atomic E-state index is 6.90. The fourth-order valence-electron chi connectivity index (χ4n) is 0. The van der Waals surface area contributed by atoms with Crippen molar-refractivity contribution in [3.05, 3.63) is 0 Å². The molecule has 0 aromatic carbocycles. The quantitative estimate of drug-likeness (QED) is 0.347. The molecule has 0 aliphatic carbocycles. The molecule has 0 atom stereocenters. The Morgan fingerprint density at radius 3 is 1.67 bits per heavy atom. The highest BCUT2D eigenvalue weighted by Gasteiger charge is 1.42. The van der Waals surface area contributed by atoms with Gasteiger partial charge in [0.1, 0.15) is 0 Å². The van der Waals surface area contributed by atoms with Crippen molar-refractivity contribution in [1.82, 2.24) is 0 Å². The summed E-state index contributed by atoms with van der Waals surface area (Å²) in [7, 11) is -0.887. The van der Waals surface area contributed by atoms with E-state index in [1.165, 1.54) is 0 Å². The molecule has 6 heteroatoms. The molecule has 0 unspecified atom stereocenters. The predicted molar refractivity (Wildman–Crippen MR) is 45.6 cm³/mol. The molecular formula is HS6-. The van der Waals surface area contributed by atoms with Crippen molar-refractivity contribution in [2.75, 3.05) is 0 Å². The van der Waals surface area contributed by atoms with E-state index in [2.05, 4.69) is 44.8 Å². The highest BCUT2D eigenvalue weighted by atomic mass is 33.7. The van der Waals surface area contributed by atoms with Crippen LogP contribution < -0.4 is 0 Å². The summed E-state index contributed by atoms with van der Waals surface area (Å²) in [6.45, 7) is -2.17. The molecule has 0 aromatic heterocycles. The summed E-state index contributed by atoms with van der Waals surface area (Å²) in [4.78, 5) is 0. The second-order valence-electron chi connectivity index (χ2n) is 0.408. The van der Waals surface area contributed by atoms with Crippen LogP contribution in [0.15, 0.2) is 0 Å². The molecule has 0 aliphatic heterocycles. The largest absolute Gasteiger partial charge is 0.284 e. The van der Waals surface area contributed by atoms with Crippen LogP contribution in [0.1, 0.15) is 0 Å². The molecular weight excluding hydrogens is 192 g/mol. The Bertz CT molecular complexity index is 192. The summed E-state index contributed by atoms with van der Waals surface area (Å²) in [5.41, 5.74) is 0. The molecule has 0 saturated carbocycles. The first-order valence-corrected chi connectivity index (χ1v) is 7.50. The molecule has 0 rings (SSSR count). The smallest absolute Gasteiger partial charge is 0.0912 e. The van der Waals surface area contributed by atoms with Crippen molar-refractivity contribution in [3.63, 3.8) is 0 Å². The molecule has 6 heavy (non-hydrogen) atoms. The van der Waals surface area contributed by atoms with Gasteiger partial charge in [-0.2, -0.15) is 6.95 Å². The number of hydrogen-bond donors (Lipinski definition) is 1. The Balaban J connectivity index is 4.82. The van der Waals surface area contributed by atoms with Gasteiger partial charge >= 0.3 is 0 Å². The zero-order valence-corrected chi connectivity index (χ0v) is 7.35. The van der Waals surface area contributed by atoms with Gasteiger partial charge < -0.3 is 0 Å². The first-order valence-electron chi connectivity index (χ1n) is 1.24. The number of thiol groups is 1. The van der Waals surface area contributed by atoms with E-state index in [-0.39, 0.29) is 0 Å². The maximum absolute atomic E-state index is 6.90. The van der Waals surface area contributed by atoms with Crippen LogP contribution in [0.4, 0.5) is 0 Å². The van der Waals surface area contributed by atoms with Crippen LogP contribution in [-0.4, -0.2) is 1.12 Å². The van der Waals surface area contributed by atoms with Gasteiger partial charge in [0.2, 0.25) is 0 Å². The Hall–Kier alpha value is 1.58. The third-order valence-electron chi connectivity index (χ3n) is 0.111. The zero-order chi connectivity index (χ0) is 6.08. The van der Waals surface area contributed by atoms with E-state index in [9.17, 15) is 0 Å². The average Bonchev–Trinajstić information content (AvgIpc) is 1.31. The van der Waals surface area contributed by atoms with Crippen LogP contribution in [0, 0.1) is 0 Å². The molecule has 0 bridgehead atoms. The number of hydrogen-bond acceptors (Lipinski definition) is 5. The third-order valence-corrected chi connectivity index (χ3v) is 9.00. The molecule has 0 aromatic rings. The van der Waals surface area contributed by atoms with E-state index in [4.69, 9.17) is 1.12 Å². The lowest BCUT2D eigenvalue weighted by Gasteiger charge is -1.83. The van der Waals surface area contributed by atoms with Gasteiger partial charge in [0, 0.05) is 0 Å². The lowest BCUT2D eigenvalue weighted by atomic mass is 30.4. The molecule has 0 spiro atoms. The Morgan fingerprint density at radius 2 is 1.67 bits per heavy atom. The molecule has 0 amide bonds. The zero-order valence-electron chi connectivity index (χ0n) is 3.45. The van der Waals surface area contributed by atoms with Gasteiger partial charge in [-0.3, -0.25) is 7.05 Å². The molecule has 0 nitrogen and oxygen atoms in total. The Labute approximate surface area is 59.5 Å². The monoisotopic (exact) mass is 195 g/mol. The minimum absolute atomic E-state index is 0.887. The van der Waals surface area contributed by atoms with Crippen LogP contribution in [0.25, 0.3) is 0 Å². The molecule has 0 radical (unpaired) electrons. The summed E-state index contributed by atoms with van der Waals surface area (Å²) >= 11 is 18.0. The fourth-order valence-corrected chi connectivity index (χ4v) is 0. The van der Waals surface area contributed by atoms with Gasteiger partial charge in [-0.15, -0.1) is 0 Å². The lowest BCUT2D eigenvalue weighted by molar-refractivity contribution is 5.75. The SMILES string of the molecule is [3H]S(=S)(=S)[S-](=S)=S. The second-order valence-corrected chi connectivity index (χ2v) is 11.0. The number of rotatable bonds is 1. The summed E-state index contributed by atoms with van der Waals surface area (Å²) in [5.74, 6) is 0. The van der Waals surface area contributed by atoms with Crippen molar-refractivity contribution in [3.8, 4) is 0 Å². The summed E-state index contributed by atoms with van der Waals surface area (Å²) in [5, 5.41) is 0. The molecule has 0 N–H and O–H groups in total. The standard InChI is InChI=1S/HS6/c1-5(2)6(3)4/h5H/q-1/i5T. The Morgan fingerprint density at radius 1 is 1.50 bits per heavy atom. The van der Waals surface area contributed by atoms with E-state index in [0.717, 1.165) is 0 Å². The summed E-state index contributed by atoms with van der Waals surface area (Å²) in [6, 6.07) is 0. The maximum Gasteiger partial charge on any atom is 0.0912 e. The first-order chi connectivity index (χ1) is 2.94. The molecule has 0 fully saturated rings. The Kier molecular flexibility index (Phi) is 3.39. The van der Waals surface area contributed by atoms with Gasteiger partial charge in [-0.05, 0) is 0 Å². The molecule has 0 saturated heterocycles. The topological polar surface area (TPSA) is 0 Å². The van der Waals surface area contributed by atoms with Crippen LogP contribution in [0.2, 0.25) is 0 Å². The van der Waals surface area contributed by atoms with Gasteiger partial charge in [0.25, 0.3) is 0 Å². The average molecular weight is 195 g/mol. The van der Waals surface area contributed by atoms with E-state index in [1.54, 1.807) is 0 Å². The van der Waals surface area contributed by atoms with Gasteiger partial charge in [0.05, 0.1) is 1.12 Å². The van der Waals surface area contributed by atoms with E-state index in [1.807, 2.05) is 0 Å². The summed E-state index contributed by atoms with van der Waals surface area (Å²) in [6.07, 6.45) is 0. The van der Waals surface area contributed by atoms with Gasteiger partial charge in [-0.25, -0.2) is 22.4 Å². The van der Waals surface area contributed by atoms with Crippen LogP contribution in [0.3, 0.4) is 0 Å². The van der Waals surface area contributed by atoms with E-state index < -0.39 is 14.0 Å². The van der Waals surface area contributed by atoms with Crippen molar-refractivity contribution in [2.45, 2.75) is 0 Å². The van der Waals surface area contributed by atoms with Crippen LogP contribution >= 0.6 is 0 Å². The predicted octanol–water partition coefficient (Wildman–Crippen LogP) is -0.282.